The lowest BCUT2D eigenvalue weighted by Gasteiger charge is -2.28. The number of halogens is 1. The number of aliphatic hydroxyl groups excluding tert-OH is 1. The Balaban J connectivity index is 1.82. The Bertz CT molecular complexity index is 995. The van der Waals surface area contributed by atoms with E-state index in [-0.39, 0.29) is 24.0 Å². The van der Waals surface area contributed by atoms with Crippen LogP contribution in [0.1, 0.15) is 30.0 Å². The molecule has 156 valence electrons. The zero-order valence-corrected chi connectivity index (χ0v) is 17.3. The fourth-order valence-corrected chi connectivity index (χ4v) is 4.24. The number of hydrogen-bond donors (Lipinski definition) is 1. The van der Waals surface area contributed by atoms with Crippen LogP contribution in [0.15, 0.2) is 54.1 Å². The minimum atomic E-state index is -0.787. The van der Waals surface area contributed by atoms with Crippen LogP contribution < -0.4 is 4.74 Å². The van der Waals surface area contributed by atoms with Crippen LogP contribution in [0.25, 0.3) is 5.76 Å². The van der Waals surface area contributed by atoms with Gasteiger partial charge in [0, 0.05) is 23.7 Å². The normalized spacial score (nSPS) is 23.2. The molecule has 2 saturated heterocycles. The number of Topliss-reactive ketones (excluding diaryl/α,β-unsaturated/α-hetero) is 1. The van der Waals surface area contributed by atoms with Crippen LogP contribution in [-0.4, -0.2) is 48.1 Å². The first-order valence-corrected chi connectivity index (χ1v) is 10.2. The summed E-state index contributed by atoms with van der Waals surface area (Å²) < 4.78 is 10.8. The molecule has 0 aromatic heterocycles. The van der Waals surface area contributed by atoms with E-state index in [2.05, 4.69) is 0 Å². The van der Waals surface area contributed by atoms with Crippen LogP contribution in [0, 0.1) is 0 Å². The maximum Gasteiger partial charge on any atom is 0.295 e. The highest BCUT2D eigenvalue weighted by molar-refractivity contribution is 6.47. The Morgan fingerprint density at radius 2 is 1.93 bits per heavy atom. The van der Waals surface area contributed by atoms with Gasteiger partial charge in [-0.3, -0.25) is 9.59 Å². The number of rotatable bonds is 5. The smallest absolute Gasteiger partial charge is 0.295 e. The SMILES string of the molecule is COc1ccc(C(O)=C2C(=O)C(=O)N(CC3CCCO3)C2c2ccccc2Cl)cc1. The van der Waals surface area contributed by atoms with Crippen molar-refractivity contribution in [1.29, 1.82) is 0 Å². The molecule has 30 heavy (non-hydrogen) atoms. The van der Waals surface area contributed by atoms with Crippen molar-refractivity contribution in [1.82, 2.24) is 4.90 Å². The fraction of sp³-hybridized carbons (Fsp3) is 0.304. The van der Waals surface area contributed by atoms with Gasteiger partial charge in [0.1, 0.15) is 11.5 Å². The summed E-state index contributed by atoms with van der Waals surface area (Å²) in [6, 6.07) is 12.9. The minimum Gasteiger partial charge on any atom is -0.507 e. The van der Waals surface area contributed by atoms with Crippen molar-refractivity contribution in [2.75, 3.05) is 20.3 Å². The zero-order valence-electron chi connectivity index (χ0n) is 16.5. The maximum absolute atomic E-state index is 13.0. The first-order chi connectivity index (χ1) is 14.5. The predicted octanol–water partition coefficient (Wildman–Crippen LogP) is 3.95. The molecule has 1 amide bonds. The van der Waals surface area contributed by atoms with E-state index in [9.17, 15) is 14.7 Å². The molecule has 0 radical (unpaired) electrons. The summed E-state index contributed by atoms with van der Waals surface area (Å²) in [7, 11) is 1.54. The second-order valence-electron chi connectivity index (χ2n) is 7.34. The van der Waals surface area contributed by atoms with E-state index in [1.54, 1.807) is 55.6 Å². The average Bonchev–Trinajstić information content (AvgIpc) is 3.36. The van der Waals surface area contributed by atoms with Gasteiger partial charge in [0.2, 0.25) is 0 Å². The highest BCUT2D eigenvalue weighted by Gasteiger charge is 2.47. The molecule has 0 saturated carbocycles. The van der Waals surface area contributed by atoms with Gasteiger partial charge < -0.3 is 19.5 Å². The number of methoxy groups -OCH3 is 1. The largest absolute Gasteiger partial charge is 0.507 e. The van der Waals surface area contributed by atoms with Gasteiger partial charge in [0.25, 0.3) is 11.7 Å². The molecule has 2 heterocycles. The van der Waals surface area contributed by atoms with E-state index in [4.69, 9.17) is 21.1 Å². The van der Waals surface area contributed by atoms with Crippen molar-refractivity contribution in [3.05, 3.63) is 70.3 Å². The lowest BCUT2D eigenvalue weighted by atomic mass is 9.95. The molecular weight excluding hydrogens is 406 g/mol. The van der Waals surface area contributed by atoms with Crippen molar-refractivity contribution in [3.63, 3.8) is 0 Å². The van der Waals surface area contributed by atoms with Gasteiger partial charge in [-0.25, -0.2) is 0 Å². The molecule has 1 N–H and O–H groups in total. The number of nitrogens with zero attached hydrogens (tertiary/aromatic N) is 1. The highest BCUT2D eigenvalue weighted by Crippen LogP contribution is 2.42. The third-order valence-corrected chi connectivity index (χ3v) is 5.87. The summed E-state index contributed by atoms with van der Waals surface area (Å²) in [5, 5.41) is 11.5. The predicted molar refractivity (Wildman–Crippen MR) is 112 cm³/mol. The van der Waals surface area contributed by atoms with Gasteiger partial charge in [-0.1, -0.05) is 29.8 Å². The number of carbonyl (C=O) groups is 2. The number of amides is 1. The number of benzene rings is 2. The van der Waals surface area contributed by atoms with Crippen LogP contribution >= 0.6 is 11.6 Å². The van der Waals surface area contributed by atoms with Crippen LogP contribution in [0.2, 0.25) is 5.02 Å². The standard InChI is InChI=1S/C23H22ClNO5/c1-29-15-10-8-14(9-11-15)21(26)19-20(17-6-2-3-7-18(17)24)25(23(28)22(19)27)13-16-5-4-12-30-16/h2-3,6-11,16,20,26H,4-5,12-13H2,1H3. The van der Waals surface area contributed by atoms with E-state index >= 15 is 0 Å². The summed E-state index contributed by atoms with van der Waals surface area (Å²) in [5.41, 5.74) is 1.03. The molecule has 2 aliphatic rings. The molecule has 2 unspecified atom stereocenters. The lowest BCUT2D eigenvalue weighted by molar-refractivity contribution is -0.140. The first-order valence-electron chi connectivity index (χ1n) is 9.80. The quantitative estimate of drug-likeness (QED) is 0.444. The highest BCUT2D eigenvalue weighted by atomic mass is 35.5. The Morgan fingerprint density at radius 1 is 1.20 bits per heavy atom. The number of likely N-dealkylation sites (tertiary alicyclic amines) is 1. The number of carbonyl (C=O) groups excluding carboxylic acids is 2. The molecule has 0 bridgehead atoms. The molecule has 2 atom stereocenters. The molecule has 0 spiro atoms. The lowest BCUT2D eigenvalue weighted by Crippen LogP contribution is -2.36. The van der Waals surface area contributed by atoms with Crippen LogP contribution in [0.5, 0.6) is 5.75 Å². The fourth-order valence-electron chi connectivity index (χ4n) is 4.00. The Morgan fingerprint density at radius 3 is 2.57 bits per heavy atom. The summed E-state index contributed by atoms with van der Waals surface area (Å²) >= 11 is 6.44. The average molecular weight is 428 g/mol. The van der Waals surface area contributed by atoms with Gasteiger partial charge in [-0.15, -0.1) is 0 Å². The van der Waals surface area contributed by atoms with Gasteiger partial charge in [-0.05, 0) is 48.7 Å². The number of ether oxygens (including phenoxy) is 2. The Kier molecular flexibility index (Phi) is 5.79. The van der Waals surface area contributed by atoms with Crippen molar-refractivity contribution in [2.24, 2.45) is 0 Å². The molecular formula is C23H22ClNO5. The molecule has 2 aromatic rings. The third kappa shape index (κ3) is 3.68. The molecule has 2 aromatic carbocycles. The summed E-state index contributed by atoms with van der Waals surface area (Å²) in [6.07, 6.45) is 1.59. The zero-order chi connectivity index (χ0) is 21.3. The van der Waals surface area contributed by atoms with E-state index < -0.39 is 17.7 Å². The van der Waals surface area contributed by atoms with Crippen molar-refractivity contribution in [2.45, 2.75) is 25.0 Å². The van der Waals surface area contributed by atoms with Crippen molar-refractivity contribution < 1.29 is 24.2 Å². The topological polar surface area (TPSA) is 76.1 Å². The number of aliphatic hydroxyl groups is 1. The van der Waals surface area contributed by atoms with Gasteiger partial charge in [0.15, 0.2) is 0 Å². The maximum atomic E-state index is 13.0. The number of ketones is 1. The van der Waals surface area contributed by atoms with Crippen LogP contribution in [0.3, 0.4) is 0 Å². The van der Waals surface area contributed by atoms with Crippen molar-refractivity contribution in [3.8, 4) is 5.75 Å². The molecule has 2 aliphatic heterocycles. The monoisotopic (exact) mass is 427 g/mol. The van der Waals surface area contributed by atoms with Crippen molar-refractivity contribution >= 4 is 29.1 Å². The Hall–Kier alpha value is -2.83. The molecule has 2 fully saturated rings. The summed E-state index contributed by atoms with van der Waals surface area (Å²) in [4.78, 5) is 27.4. The summed E-state index contributed by atoms with van der Waals surface area (Å²) in [5.74, 6) is -1.01. The van der Waals surface area contributed by atoms with E-state index in [1.807, 2.05) is 0 Å². The van der Waals surface area contributed by atoms with Gasteiger partial charge in [0.05, 0.1) is 24.8 Å². The summed E-state index contributed by atoms with van der Waals surface area (Å²) in [6.45, 7) is 0.900. The number of hydrogen-bond acceptors (Lipinski definition) is 5. The molecule has 6 nitrogen and oxygen atoms in total. The van der Waals surface area contributed by atoms with E-state index in [0.29, 0.717) is 28.5 Å². The third-order valence-electron chi connectivity index (χ3n) is 5.53. The Labute approximate surface area is 179 Å². The van der Waals surface area contributed by atoms with Crippen LogP contribution in [0.4, 0.5) is 0 Å². The first kappa shape index (κ1) is 20.4. The molecule has 7 heteroatoms. The van der Waals surface area contributed by atoms with E-state index in [0.717, 1.165) is 12.8 Å². The molecule has 0 aliphatic carbocycles. The van der Waals surface area contributed by atoms with Gasteiger partial charge in [-0.2, -0.15) is 0 Å². The van der Waals surface area contributed by atoms with Crippen LogP contribution in [-0.2, 0) is 14.3 Å². The molecule has 4 rings (SSSR count). The van der Waals surface area contributed by atoms with E-state index in [1.165, 1.54) is 4.90 Å². The minimum absolute atomic E-state index is 0.0243. The second-order valence-corrected chi connectivity index (χ2v) is 7.74. The van der Waals surface area contributed by atoms with Gasteiger partial charge >= 0.3 is 0 Å². The second kappa shape index (κ2) is 8.50.